The van der Waals surface area contributed by atoms with Gasteiger partial charge in [0.2, 0.25) is 0 Å². The largest absolute Gasteiger partial charge is 0.465 e. The first-order valence-corrected chi connectivity index (χ1v) is 8.84. The number of halogens is 1. The summed E-state index contributed by atoms with van der Waals surface area (Å²) in [6.45, 7) is 3.51. The highest BCUT2D eigenvalue weighted by molar-refractivity contribution is 9.10. The van der Waals surface area contributed by atoms with Crippen LogP contribution < -0.4 is 10.9 Å². The molecule has 0 spiro atoms. The molecule has 3 heterocycles. The molecule has 0 aliphatic carbocycles. The number of benzene rings is 1. The van der Waals surface area contributed by atoms with Crippen molar-refractivity contribution in [2.24, 2.45) is 0 Å². The van der Waals surface area contributed by atoms with E-state index in [-0.39, 0.29) is 11.5 Å². The number of carbonyl (C=O) groups excluding carboxylic acids is 1. The van der Waals surface area contributed by atoms with Crippen LogP contribution in [0.5, 0.6) is 0 Å². The number of anilines is 1. The second kappa shape index (κ2) is 6.51. The topological polar surface area (TPSA) is 106 Å². The molecule has 0 saturated heterocycles. The SMILES string of the molecule is Cc1oc(C)c(C(=O)Nc2ccccc2-n2ncc3c(=O)[nH]cnc32)c1Br. The summed E-state index contributed by atoms with van der Waals surface area (Å²) in [6, 6.07) is 7.15. The van der Waals surface area contributed by atoms with E-state index in [1.807, 2.05) is 6.07 Å². The van der Waals surface area contributed by atoms with Gasteiger partial charge in [0.25, 0.3) is 11.5 Å². The number of hydrogen-bond donors (Lipinski definition) is 2. The number of rotatable bonds is 3. The van der Waals surface area contributed by atoms with Crippen molar-refractivity contribution >= 4 is 38.6 Å². The fraction of sp³-hybridized carbons (Fsp3) is 0.111. The molecule has 4 rings (SSSR count). The van der Waals surface area contributed by atoms with Crippen molar-refractivity contribution in [2.75, 3.05) is 5.32 Å². The number of furan rings is 1. The van der Waals surface area contributed by atoms with Crippen LogP contribution in [0.1, 0.15) is 21.9 Å². The van der Waals surface area contributed by atoms with Crippen LogP contribution in [-0.4, -0.2) is 25.7 Å². The first-order chi connectivity index (χ1) is 13.0. The highest BCUT2D eigenvalue weighted by Crippen LogP contribution is 2.29. The predicted molar refractivity (Wildman–Crippen MR) is 103 cm³/mol. The van der Waals surface area contributed by atoms with E-state index in [1.165, 1.54) is 17.2 Å². The first-order valence-electron chi connectivity index (χ1n) is 8.05. The summed E-state index contributed by atoms with van der Waals surface area (Å²) in [5, 5.41) is 7.51. The summed E-state index contributed by atoms with van der Waals surface area (Å²) in [5.41, 5.74) is 1.67. The third kappa shape index (κ3) is 2.85. The molecule has 1 amide bonds. The van der Waals surface area contributed by atoms with E-state index < -0.39 is 0 Å². The molecule has 0 bridgehead atoms. The Hall–Kier alpha value is -3.20. The van der Waals surface area contributed by atoms with Crippen molar-refractivity contribution in [3.8, 4) is 5.69 Å². The van der Waals surface area contributed by atoms with Crippen LogP contribution in [0, 0.1) is 13.8 Å². The molecule has 8 nitrogen and oxygen atoms in total. The molecule has 0 aliphatic rings. The fourth-order valence-electron chi connectivity index (χ4n) is 2.90. The summed E-state index contributed by atoms with van der Waals surface area (Å²) in [6.07, 6.45) is 2.76. The zero-order chi connectivity index (χ0) is 19.1. The fourth-order valence-corrected chi connectivity index (χ4v) is 3.44. The smallest absolute Gasteiger partial charge is 0.261 e. The maximum atomic E-state index is 12.8. The van der Waals surface area contributed by atoms with Gasteiger partial charge in [0.1, 0.15) is 16.9 Å². The van der Waals surface area contributed by atoms with Gasteiger partial charge in [-0.25, -0.2) is 9.67 Å². The van der Waals surface area contributed by atoms with Gasteiger partial charge in [0.15, 0.2) is 5.65 Å². The van der Waals surface area contributed by atoms with Crippen molar-refractivity contribution in [3.63, 3.8) is 0 Å². The lowest BCUT2D eigenvalue weighted by atomic mass is 10.2. The van der Waals surface area contributed by atoms with E-state index in [4.69, 9.17) is 4.42 Å². The number of nitrogens with one attached hydrogen (secondary N) is 2. The van der Waals surface area contributed by atoms with E-state index in [0.29, 0.717) is 44.0 Å². The molecule has 0 aliphatic heterocycles. The molecule has 9 heteroatoms. The molecule has 0 unspecified atom stereocenters. The van der Waals surface area contributed by atoms with E-state index in [9.17, 15) is 9.59 Å². The van der Waals surface area contributed by atoms with Crippen LogP contribution in [0.4, 0.5) is 5.69 Å². The second-order valence-electron chi connectivity index (χ2n) is 5.90. The Morgan fingerprint density at radius 2 is 2.04 bits per heavy atom. The van der Waals surface area contributed by atoms with Gasteiger partial charge in [-0.1, -0.05) is 12.1 Å². The Morgan fingerprint density at radius 1 is 1.26 bits per heavy atom. The highest BCUT2D eigenvalue weighted by Gasteiger charge is 2.21. The van der Waals surface area contributed by atoms with Crippen LogP contribution in [0.2, 0.25) is 0 Å². The summed E-state index contributed by atoms with van der Waals surface area (Å²) >= 11 is 3.39. The molecular weight excluding hydrogens is 414 g/mol. The number of fused-ring (bicyclic) bond motifs is 1. The molecule has 0 fully saturated rings. The maximum absolute atomic E-state index is 12.8. The standard InChI is InChI=1S/C18H14BrN5O3/c1-9-14(15(19)10(2)27-9)18(26)23-12-5-3-4-6-13(12)24-16-11(7-22-24)17(25)21-8-20-16/h3-8H,1-2H3,(H,23,26)(H,20,21,25). The van der Waals surface area contributed by atoms with Gasteiger partial charge in [-0.3, -0.25) is 9.59 Å². The Morgan fingerprint density at radius 3 is 2.78 bits per heavy atom. The molecule has 27 heavy (non-hydrogen) atoms. The number of nitrogens with zero attached hydrogens (tertiary/aromatic N) is 3. The molecule has 0 atom stereocenters. The van der Waals surface area contributed by atoms with E-state index >= 15 is 0 Å². The maximum Gasteiger partial charge on any atom is 0.261 e. The molecular formula is C18H14BrN5O3. The number of para-hydroxylation sites is 2. The number of amides is 1. The molecule has 1 aromatic carbocycles. The lowest BCUT2D eigenvalue weighted by molar-refractivity contribution is 0.102. The summed E-state index contributed by atoms with van der Waals surface area (Å²) in [7, 11) is 0. The molecule has 0 saturated carbocycles. The summed E-state index contributed by atoms with van der Waals surface area (Å²) in [4.78, 5) is 31.4. The average molecular weight is 428 g/mol. The Bertz CT molecular complexity index is 1240. The average Bonchev–Trinajstić information content (AvgIpc) is 3.17. The molecule has 2 N–H and O–H groups in total. The minimum Gasteiger partial charge on any atom is -0.465 e. The summed E-state index contributed by atoms with van der Waals surface area (Å²) < 4.78 is 7.64. The van der Waals surface area contributed by atoms with Gasteiger partial charge < -0.3 is 14.7 Å². The number of hydrogen-bond acceptors (Lipinski definition) is 5. The minimum absolute atomic E-state index is 0.277. The summed E-state index contributed by atoms with van der Waals surface area (Å²) in [5.74, 6) is 0.838. The van der Waals surface area contributed by atoms with Gasteiger partial charge in [-0.2, -0.15) is 5.10 Å². The number of aromatic amines is 1. The molecule has 4 aromatic rings. The second-order valence-corrected chi connectivity index (χ2v) is 6.69. The van der Waals surface area contributed by atoms with Crippen LogP contribution >= 0.6 is 15.9 Å². The Labute approximate surface area is 161 Å². The zero-order valence-corrected chi connectivity index (χ0v) is 16.0. The van der Waals surface area contributed by atoms with Crippen LogP contribution in [0.25, 0.3) is 16.7 Å². The monoisotopic (exact) mass is 427 g/mol. The van der Waals surface area contributed by atoms with Gasteiger partial charge >= 0.3 is 0 Å². The quantitative estimate of drug-likeness (QED) is 0.521. The zero-order valence-electron chi connectivity index (χ0n) is 14.4. The Balaban J connectivity index is 1.79. The molecule has 136 valence electrons. The molecule has 3 aromatic heterocycles. The number of aromatic nitrogens is 4. The van der Waals surface area contributed by atoms with Crippen molar-refractivity contribution in [1.29, 1.82) is 0 Å². The van der Waals surface area contributed by atoms with E-state index in [2.05, 4.69) is 36.3 Å². The Kier molecular flexibility index (Phi) is 4.15. The normalized spacial score (nSPS) is 11.1. The third-order valence-corrected chi connectivity index (χ3v) is 5.12. The highest BCUT2D eigenvalue weighted by atomic mass is 79.9. The number of H-pyrrole nitrogens is 1. The van der Waals surface area contributed by atoms with Crippen molar-refractivity contribution in [2.45, 2.75) is 13.8 Å². The van der Waals surface area contributed by atoms with Gasteiger partial charge in [0.05, 0.1) is 33.9 Å². The van der Waals surface area contributed by atoms with Crippen LogP contribution in [-0.2, 0) is 0 Å². The number of aryl methyl sites for hydroxylation is 2. The van der Waals surface area contributed by atoms with Gasteiger partial charge in [0, 0.05) is 0 Å². The lowest BCUT2D eigenvalue weighted by Crippen LogP contribution is -2.15. The third-order valence-electron chi connectivity index (χ3n) is 4.17. The van der Waals surface area contributed by atoms with Crippen molar-refractivity contribution in [3.05, 3.63) is 68.7 Å². The van der Waals surface area contributed by atoms with Gasteiger partial charge in [-0.15, -0.1) is 0 Å². The van der Waals surface area contributed by atoms with E-state index in [0.717, 1.165) is 0 Å². The van der Waals surface area contributed by atoms with Crippen LogP contribution in [0.3, 0.4) is 0 Å². The predicted octanol–water partition coefficient (Wildman–Crippen LogP) is 3.33. The number of carbonyl (C=O) groups is 1. The lowest BCUT2D eigenvalue weighted by Gasteiger charge is -2.11. The van der Waals surface area contributed by atoms with Crippen molar-refractivity contribution < 1.29 is 9.21 Å². The van der Waals surface area contributed by atoms with Crippen molar-refractivity contribution in [1.82, 2.24) is 19.7 Å². The molecule has 0 radical (unpaired) electrons. The first kappa shape index (κ1) is 17.2. The minimum atomic E-state index is -0.314. The van der Waals surface area contributed by atoms with Crippen LogP contribution in [0.15, 0.2) is 50.5 Å². The van der Waals surface area contributed by atoms with Gasteiger partial charge in [-0.05, 0) is 41.9 Å². The van der Waals surface area contributed by atoms with E-state index in [1.54, 1.807) is 32.0 Å².